The zero-order valence-electron chi connectivity index (χ0n) is 19.4. The Morgan fingerprint density at radius 2 is 1.76 bits per heavy atom. The van der Waals surface area contributed by atoms with Crippen molar-refractivity contribution < 1.29 is 22.9 Å². The van der Waals surface area contributed by atoms with E-state index in [1.54, 1.807) is 34.6 Å². The van der Waals surface area contributed by atoms with E-state index in [-0.39, 0.29) is 33.7 Å². The summed E-state index contributed by atoms with van der Waals surface area (Å²) in [6, 6.07) is 8.35. The van der Waals surface area contributed by atoms with Gasteiger partial charge in [-0.2, -0.15) is 4.31 Å². The summed E-state index contributed by atoms with van der Waals surface area (Å²) < 4.78 is 32.9. The van der Waals surface area contributed by atoms with Crippen LogP contribution in [0.3, 0.4) is 0 Å². The van der Waals surface area contributed by atoms with Crippen LogP contribution in [-0.2, 0) is 10.0 Å². The van der Waals surface area contributed by atoms with Crippen molar-refractivity contribution in [2.45, 2.75) is 45.6 Å². The molecule has 0 unspecified atom stereocenters. The van der Waals surface area contributed by atoms with Crippen LogP contribution in [0.25, 0.3) is 0 Å². The minimum atomic E-state index is -3.77. The molecule has 180 valence electrons. The number of nitro benzene ring substituents is 1. The topological polar surface area (TPSA) is 131 Å². The number of amides is 1. The van der Waals surface area contributed by atoms with Crippen molar-refractivity contribution >= 4 is 33.0 Å². The van der Waals surface area contributed by atoms with Gasteiger partial charge in [-0.05, 0) is 51.1 Å². The third-order valence-electron chi connectivity index (χ3n) is 4.73. The number of ether oxygens (including phenoxy) is 1. The van der Waals surface area contributed by atoms with Gasteiger partial charge in [0.1, 0.15) is 11.4 Å². The number of benzene rings is 2. The summed E-state index contributed by atoms with van der Waals surface area (Å²) in [5, 5.41) is 17.0. The van der Waals surface area contributed by atoms with Crippen molar-refractivity contribution in [3.8, 4) is 5.75 Å². The van der Waals surface area contributed by atoms with Gasteiger partial charge in [-0.3, -0.25) is 14.9 Å². The van der Waals surface area contributed by atoms with Crippen molar-refractivity contribution in [1.82, 2.24) is 4.31 Å². The zero-order chi connectivity index (χ0) is 24.8. The first-order valence-electron chi connectivity index (χ1n) is 10.7. The van der Waals surface area contributed by atoms with Crippen LogP contribution in [0.1, 0.15) is 45.0 Å². The average molecular weight is 479 g/mol. The van der Waals surface area contributed by atoms with Crippen molar-refractivity contribution in [2.75, 3.05) is 30.3 Å². The largest absolute Gasteiger partial charge is 0.489 e. The standard InChI is InChI=1S/C22H30N4O6S/c1-6-23-18-11-9-16(13-20(18)26(28)29)22(27)24-19-14-17(10-12-21(19)32-15(4)5)33(30,31)25(7-2)8-3/h9-15,23H,6-8H2,1-5H3,(H,24,27). The Kier molecular flexibility index (Phi) is 8.77. The molecule has 2 aromatic carbocycles. The molecular formula is C22H30N4O6S. The fraction of sp³-hybridized carbons (Fsp3) is 0.409. The van der Waals surface area contributed by atoms with Gasteiger partial charge in [-0.1, -0.05) is 13.8 Å². The normalized spacial score (nSPS) is 11.5. The van der Waals surface area contributed by atoms with Gasteiger partial charge < -0.3 is 15.4 Å². The van der Waals surface area contributed by atoms with Crippen LogP contribution in [0.15, 0.2) is 41.3 Å². The molecule has 2 aromatic rings. The predicted molar refractivity (Wildman–Crippen MR) is 128 cm³/mol. The molecule has 0 aliphatic rings. The minimum Gasteiger partial charge on any atom is -0.489 e. The maximum absolute atomic E-state index is 12.9. The number of nitro groups is 1. The van der Waals surface area contributed by atoms with Crippen LogP contribution in [0.4, 0.5) is 17.1 Å². The van der Waals surface area contributed by atoms with Gasteiger partial charge in [0.25, 0.3) is 11.6 Å². The third kappa shape index (κ3) is 6.20. The number of hydrogen-bond acceptors (Lipinski definition) is 7. The number of hydrogen-bond donors (Lipinski definition) is 2. The average Bonchev–Trinajstić information content (AvgIpc) is 2.75. The molecule has 0 bridgehead atoms. The van der Waals surface area contributed by atoms with E-state index in [2.05, 4.69) is 10.6 Å². The Morgan fingerprint density at radius 3 is 2.30 bits per heavy atom. The highest BCUT2D eigenvalue weighted by atomic mass is 32.2. The second-order valence-electron chi connectivity index (χ2n) is 7.39. The molecule has 1 amide bonds. The van der Waals surface area contributed by atoms with Crippen molar-refractivity contribution in [3.05, 3.63) is 52.1 Å². The first-order chi connectivity index (χ1) is 15.5. The molecule has 33 heavy (non-hydrogen) atoms. The van der Waals surface area contributed by atoms with Gasteiger partial charge in [0, 0.05) is 31.3 Å². The van der Waals surface area contributed by atoms with Crippen molar-refractivity contribution in [3.63, 3.8) is 0 Å². The van der Waals surface area contributed by atoms with Gasteiger partial charge in [-0.15, -0.1) is 0 Å². The van der Waals surface area contributed by atoms with Crippen molar-refractivity contribution in [1.29, 1.82) is 0 Å². The first-order valence-corrected chi connectivity index (χ1v) is 12.1. The van der Waals surface area contributed by atoms with Crippen LogP contribution in [0.2, 0.25) is 0 Å². The van der Waals surface area contributed by atoms with Gasteiger partial charge >= 0.3 is 0 Å². The molecule has 2 rings (SSSR count). The maximum Gasteiger partial charge on any atom is 0.293 e. The molecule has 0 fully saturated rings. The smallest absolute Gasteiger partial charge is 0.293 e. The number of anilines is 2. The van der Waals surface area contributed by atoms with Crippen LogP contribution in [0.5, 0.6) is 5.75 Å². The maximum atomic E-state index is 12.9. The molecule has 0 aliphatic heterocycles. The quantitative estimate of drug-likeness (QED) is 0.367. The lowest BCUT2D eigenvalue weighted by atomic mass is 10.1. The number of sulfonamides is 1. The molecule has 0 spiro atoms. The van der Waals surface area contributed by atoms with Gasteiger partial charge in [0.05, 0.1) is 21.6 Å². The second kappa shape index (κ2) is 11.1. The molecular weight excluding hydrogens is 448 g/mol. The Morgan fingerprint density at radius 1 is 1.09 bits per heavy atom. The summed E-state index contributed by atoms with van der Waals surface area (Å²) in [6.07, 6.45) is -0.230. The van der Waals surface area contributed by atoms with E-state index in [0.29, 0.717) is 25.3 Å². The summed E-state index contributed by atoms with van der Waals surface area (Å²) in [4.78, 5) is 23.8. The second-order valence-corrected chi connectivity index (χ2v) is 9.33. The molecule has 0 radical (unpaired) electrons. The monoisotopic (exact) mass is 478 g/mol. The van der Waals surface area contributed by atoms with Gasteiger partial charge in [0.15, 0.2) is 0 Å². The van der Waals surface area contributed by atoms with E-state index in [0.717, 1.165) is 0 Å². The third-order valence-corrected chi connectivity index (χ3v) is 6.77. The zero-order valence-corrected chi connectivity index (χ0v) is 20.2. The van der Waals surface area contributed by atoms with Gasteiger partial charge in [-0.25, -0.2) is 8.42 Å². The van der Waals surface area contributed by atoms with E-state index in [1.807, 2.05) is 0 Å². The van der Waals surface area contributed by atoms with Crippen LogP contribution >= 0.6 is 0 Å². The molecule has 0 heterocycles. The van der Waals surface area contributed by atoms with Crippen LogP contribution in [-0.4, -0.2) is 49.3 Å². The Labute approximate surface area is 194 Å². The number of nitrogens with zero attached hydrogens (tertiary/aromatic N) is 2. The summed E-state index contributed by atoms with van der Waals surface area (Å²) in [7, 11) is -3.77. The van der Waals surface area contributed by atoms with E-state index in [4.69, 9.17) is 4.74 Å². The number of carbonyl (C=O) groups is 1. The highest BCUT2D eigenvalue weighted by Crippen LogP contribution is 2.31. The Bertz CT molecular complexity index is 1110. The SMILES string of the molecule is CCNc1ccc(C(=O)Nc2cc(S(=O)(=O)N(CC)CC)ccc2OC(C)C)cc1[N+](=O)[O-]. The molecule has 0 saturated heterocycles. The fourth-order valence-corrected chi connectivity index (χ4v) is 4.68. The fourth-order valence-electron chi connectivity index (χ4n) is 3.19. The number of nitrogens with one attached hydrogen (secondary N) is 2. The minimum absolute atomic E-state index is 0.00563. The molecule has 10 nitrogen and oxygen atoms in total. The van der Waals surface area contributed by atoms with E-state index in [9.17, 15) is 23.3 Å². The molecule has 0 saturated carbocycles. The lowest BCUT2D eigenvalue weighted by Gasteiger charge is -2.20. The molecule has 0 aromatic heterocycles. The molecule has 11 heteroatoms. The summed E-state index contributed by atoms with van der Waals surface area (Å²) >= 11 is 0. The van der Waals surface area contributed by atoms with E-state index >= 15 is 0 Å². The highest BCUT2D eigenvalue weighted by molar-refractivity contribution is 7.89. The predicted octanol–water partition coefficient (Wildman–Crippen LogP) is 4.10. The highest BCUT2D eigenvalue weighted by Gasteiger charge is 2.24. The molecule has 0 aliphatic carbocycles. The van der Waals surface area contributed by atoms with Crippen molar-refractivity contribution in [2.24, 2.45) is 0 Å². The first kappa shape index (κ1) is 26.1. The lowest BCUT2D eigenvalue weighted by molar-refractivity contribution is -0.384. The molecule has 2 N–H and O–H groups in total. The van der Waals surface area contributed by atoms with Gasteiger partial charge in [0.2, 0.25) is 10.0 Å². The van der Waals surface area contributed by atoms with Crippen LogP contribution < -0.4 is 15.4 Å². The van der Waals surface area contributed by atoms with E-state index < -0.39 is 20.9 Å². The number of carbonyl (C=O) groups excluding carboxylic acids is 1. The van der Waals surface area contributed by atoms with Crippen LogP contribution in [0, 0.1) is 10.1 Å². The Balaban J connectivity index is 2.48. The number of rotatable bonds is 11. The summed E-state index contributed by atoms with van der Waals surface area (Å²) in [5.41, 5.74) is 0.271. The Hall–Kier alpha value is -3.18. The summed E-state index contributed by atoms with van der Waals surface area (Å²) in [5.74, 6) is -0.345. The summed E-state index contributed by atoms with van der Waals surface area (Å²) in [6.45, 7) is 9.97. The van der Waals surface area contributed by atoms with E-state index in [1.165, 1.54) is 40.7 Å². The molecule has 0 atom stereocenters. The lowest BCUT2D eigenvalue weighted by Crippen LogP contribution is -2.30.